The summed E-state index contributed by atoms with van der Waals surface area (Å²) < 4.78 is 37.3. The van der Waals surface area contributed by atoms with E-state index < -0.39 is 16.0 Å². The Labute approximate surface area is 149 Å². The van der Waals surface area contributed by atoms with Gasteiger partial charge < -0.3 is 9.47 Å². The summed E-state index contributed by atoms with van der Waals surface area (Å²) in [6.07, 6.45) is 4.08. The predicted molar refractivity (Wildman–Crippen MR) is 90.1 cm³/mol. The van der Waals surface area contributed by atoms with Crippen LogP contribution in [-0.2, 0) is 14.8 Å². The molecule has 1 saturated heterocycles. The molecule has 134 valence electrons. The maximum absolute atomic E-state index is 12.8. The van der Waals surface area contributed by atoms with Crippen molar-refractivity contribution in [2.45, 2.75) is 23.8 Å². The van der Waals surface area contributed by atoms with Crippen molar-refractivity contribution in [1.29, 1.82) is 0 Å². The molecule has 0 unspecified atom stereocenters. The number of carbonyl (C=O) groups is 1. The monoisotopic (exact) mass is 383 g/mol. The molecule has 0 spiro atoms. The van der Waals surface area contributed by atoms with Crippen LogP contribution in [0.4, 0.5) is 0 Å². The zero-order valence-corrected chi connectivity index (χ0v) is 15.1. The topological polar surface area (TPSA) is 98.7 Å². The molecule has 10 heteroatoms. The Morgan fingerprint density at radius 1 is 1.28 bits per heavy atom. The van der Waals surface area contributed by atoms with E-state index >= 15 is 0 Å². The third-order valence-corrected chi connectivity index (χ3v) is 6.80. The molecular formula is C15H17N3O5S2. The summed E-state index contributed by atoms with van der Waals surface area (Å²) in [5, 5.41) is 1.57. The Morgan fingerprint density at radius 3 is 2.60 bits per heavy atom. The van der Waals surface area contributed by atoms with Crippen molar-refractivity contribution in [3.63, 3.8) is 0 Å². The Kier molecular flexibility index (Phi) is 5.30. The number of rotatable bonds is 5. The van der Waals surface area contributed by atoms with Crippen molar-refractivity contribution in [3.05, 3.63) is 34.8 Å². The summed E-state index contributed by atoms with van der Waals surface area (Å²) in [6, 6.07) is 3.42. The van der Waals surface area contributed by atoms with Crippen LogP contribution < -0.4 is 4.74 Å². The highest BCUT2D eigenvalue weighted by atomic mass is 32.2. The number of hydrogen-bond donors (Lipinski definition) is 0. The fraction of sp³-hybridized carbons (Fsp3) is 0.400. The number of nitrogens with zero attached hydrogens (tertiary/aromatic N) is 3. The number of methoxy groups -OCH3 is 1. The molecule has 1 fully saturated rings. The Bertz CT molecular complexity index is 830. The van der Waals surface area contributed by atoms with Crippen LogP contribution in [0.1, 0.15) is 22.5 Å². The van der Waals surface area contributed by atoms with Crippen molar-refractivity contribution in [3.8, 4) is 6.01 Å². The van der Waals surface area contributed by atoms with Gasteiger partial charge in [-0.05, 0) is 30.4 Å². The van der Waals surface area contributed by atoms with E-state index in [4.69, 9.17) is 4.74 Å². The third kappa shape index (κ3) is 3.80. The molecule has 25 heavy (non-hydrogen) atoms. The lowest BCUT2D eigenvalue weighted by Gasteiger charge is -2.30. The lowest BCUT2D eigenvalue weighted by molar-refractivity contribution is 0.0602. The molecule has 3 rings (SSSR count). The number of carbonyl (C=O) groups excluding carboxylic acids is 1. The maximum atomic E-state index is 12.8. The molecule has 2 aromatic heterocycles. The highest BCUT2D eigenvalue weighted by molar-refractivity contribution is 7.89. The van der Waals surface area contributed by atoms with Gasteiger partial charge in [-0.2, -0.15) is 4.31 Å². The molecule has 0 aliphatic carbocycles. The number of piperidine rings is 1. The van der Waals surface area contributed by atoms with Crippen LogP contribution in [0, 0.1) is 0 Å². The van der Waals surface area contributed by atoms with E-state index in [1.165, 1.54) is 17.5 Å². The smallest absolute Gasteiger partial charge is 0.349 e. The summed E-state index contributed by atoms with van der Waals surface area (Å²) >= 11 is 1.05. The third-order valence-electron chi connectivity index (χ3n) is 3.83. The van der Waals surface area contributed by atoms with E-state index in [0.29, 0.717) is 25.9 Å². The molecule has 8 nitrogen and oxygen atoms in total. The maximum Gasteiger partial charge on any atom is 0.349 e. The minimum atomic E-state index is -3.74. The molecule has 0 aromatic carbocycles. The van der Waals surface area contributed by atoms with Crippen molar-refractivity contribution >= 4 is 27.3 Å². The normalized spacial score (nSPS) is 16.5. The highest BCUT2D eigenvalue weighted by Gasteiger charge is 2.34. The van der Waals surface area contributed by atoms with Gasteiger partial charge in [-0.15, -0.1) is 11.3 Å². The summed E-state index contributed by atoms with van der Waals surface area (Å²) in [4.78, 5) is 19.9. The van der Waals surface area contributed by atoms with Gasteiger partial charge in [0.1, 0.15) is 15.9 Å². The van der Waals surface area contributed by atoms with Crippen LogP contribution in [0.2, 0.25) is 0 Å². The van der Waals surface area contributed by atoms with E-state index in [0.717, 1.165) is 11.3 Å². The van der Waals surface area contributed by atoms with Crippen LogP contribution in [0.15, 0.2) is 34.8 Å². The van der Waals surface area contributed by atoms with Crippen LogP contribution in [0.5, 0.6) is 6.01 Å². The van der Waals surface area contributed by atoms with E-state index in [2.05, 4.69) is 14.7 Å². The number of ether oxygens (including phenoxy) is 2. The second-order valence-electron chi connectivity index (χ2n) is 5.36. The van der Waals surface area contributed by atoms with E-state index in [1.807, 2.05) is 0 Å². The van der Waals surface area contributed by atoms with Gasteiger partial charge in [0.25, 0.3) is 0 Å². The molecular weight excluding hydrogens is 366 g/mol. The highest BCUT2D eigenvalue weighted by Crippen LogP contribution is 2.28. The lowest BCUT2D eigenvalue weighted by Crippen LogP contribution is -2.42. The van der Waals surface area contributed by atoms with Gasteiger partial charge in [0, 0.05) is 25.5 Å². The van der Waals surface area contributed by atoms with Gasteiger partial charge in [0.2, 0.25) is 10.0 Å². The van der Waals surface area contributed by atoms with Crippen LogP contribution in [-0.4, -0.2) is 55.0 Å². The number of aromatic nitrogens is 2. The zero-order valence-electron chi connectivity index (χ0n) is 13.5. The van der Waals surface area contributed by atoms with Crippen LogP contribution >= 0.6 is 11.3 Å². The number of esters is 1. The lowest BCUT2D eigenvalue weighted by atomic mass is 10.1. The zero-order chi connectivity index (χ0) is 17.9. The van der Waals surface area contributed by atoms with Crippen molar-refractivity contribution in [1.82, 2.24) is 14.3 Å². The van der Waals surface area contributed by atoms with E-state index in [-0.39, 0.29) is 21.9 Å². The van der Waals surface area contributed by atoms with Crippen molar-refractivity contribution < 1.29 is 22.7 Å². The molecule has 1 aliphatic rings. The molecule has 0 saturated carbocycles. The fourth-order valence-electron chi connectivity index (χ4n) is 2.57. The Balaban J connectivity index is 1.68. The number of sulfonamides is 1. The first-order valence-electron chi connectivity index (χ1n) is 7.62. The molecule has 0 bridgehead atoms. The predicted octanol–water partition coefficient (Wildman–Crippen LogP) is 1.56. The van der Waals surface area contributed by atoms with Gasteiger partial charge in [-0.1, -0.05) is 0 Å². The summed E-state index contributed by atoms with van der Waals surface area (Å²) in [7, 11) is -2.52. The summed E-state index contributed by atoms with van der Waals surface area (Å²) in [6.45, 7) is 0.604. The molecule has 0 atom stereocenters. The second kappa shape index (κ2) is 7.46. The van der Waals surface area contributed by atoms with Gasteiger partial charge in [-0.3, -0.25) is 0 Å². The number of thiophene rings is 1. The van der Waals surface area contributed by atoms with Crippen molar-refractivity contribution in [2.24, 2.45) is 0 Å². The van der Waals surface area contributed by atoms with Crippen LogP contribution in [0.3, 0.4) is 0 Å². The molecule has 0 N–H and O–H groups in total. The van der Waals surface area contributed by atoms with Gasteiger partial charge in [0.15, 0.2) is 0 Å². The molecule has 1 aliphatic heterocycles. The quantitative estimate of drug-likeness (QED) is 0.723. The van der Waals surface area contributed by atoms with Crippen LogP contribution in [0.25, 0.3) is 0 Å². The fourth-order valence-corrected chi connectivity index (χ4v) is 5.34. The summed E-state index contributed by atoms with van der Waals surface area (Å²) in [5.41, 5.74) is 0. The largest absolute Gasteiger partial charge is 0.465 e. The number of hydrogen-bond acceptors (Lipinski definition) is 8. The minimum Gasteiger partial charge on any atom is -0.465 e. The molecule has 2 aromatic rings. The average molecular weight is 383 g/mol. The first-order valence-corrected chi connectivity index (χ1v) is 9.94. The molecule has 0 radical (unpaired) electrons. The second-order valence-corrected chi connectivity index (χ2v) is 8.18. The minimum absolute atomic E-state index is 0.00453. The van der Waals surface area contributed by atoms with E-state index in [1.54, 1.807) is 23.8 Å². The summed E-state index contributed by atoms with van der Waals surface area (Å²) in [5.74, 6) is -0.645. The van der Waals surface area contributed by atoms with Gasteiger partial charge >= 0.3 is 12.0 Å². The first-order chi connectivity index (χ1) is 12.0. The first kappa shape index (κ1) is 17.8. The Morgan fingerprint density at radius 2 is 1.96 bits per heavy atom. The standard InChI is InChI=1S/C15H17N3O5S2/c1-22-14(19)13-12(5-10-24-13)25(20,21)18-8-3-11(4-9-18)23-15-16-6-2-7-17-15/h2,5-7,10-11H,3-4,8-9H2,1H3. The van der Waals surface area contributed by atoms with E-state index in [9.17, 15) is 13.2 Å². The average Bonchev–Trinajstić information content (AvgIpc) is 3.13. The SMILES string of the molecule is COC(=O)c1sccc1S(=O)(=O)N1CCC(Oc2ncccn2)CC1. The Hall–Kier alpha value is -2.04. The molecule has 3 heterocycles. The van der Waals surface area contributed by atoms with Gasteiger partial charge in [0.05, 0.1) is 7.11 Å². The van der Waals surface area contributed by atoms with Crippen molar-refractivity contribution in [2.75, 3.05) is 20.2 Å². The molecule has 0 amide bonds. The van der Waals surface area contributed by atoms with Gasteiger partial charge in [-0.25, -0.2) is 23.2 Å².